The molecule has 1 aliphatic heterocycles. The Balaban J connectivity index is 1.67. The molecule has 190 valence electrons. The number of benzene rings is 3. The predicted octanol–water partition coefficient (Wildman–Crippen LogP) is 6.95. The first-order valence-corrected chi connectivity index (χ1v) is 12.6. The van der Waals surface area contributed by atoms with Crippen molar-refractivity contribution in [1.29, 1.82) is 0 Å². The number of hydrogen-bond donors (Lipinski definition) is 0. The van der Waals surface area contributed by atoms with E-state index in [-0.39, 0.29) is 5.57 Å². The Morgan fingerprint density at radius 2 is 1.32 bits per heavy atom. The first-order chi connectivity index (χ1) is 18.2. The number of anilines is 2. The minimum Gasteiger partial charge on any atom is -0.318 e. The van der Waals surface area contributed by atoms with Gasteiger partial charge in [0.2, 0.25) is 0 Å². The van der Waals surface area contributed by atoms with E-state index in [1.54, 1.807) is 48.5 Å². The van der Waals surface area contributed by atoms with E-state index in [1.807, 2.05) is 68.7 Å². The summed E-state index contributed by atoms with van der Waals surface area (Å²) in [5.41, 5.74) is 6.08. The van der Waals surface area contributed by atoms with Crippen molar-refractivity contribution < 1.29 is 14.4 Å². The van der Waals surface area contributed by atoms with Gasteiger partial charge < -0.3 is 4.57 Å². The number of barbiturate groups is 1. The molecule has 0 unspecified atom stereocenters. The molecule has 1 saturated heterocycles. The van der Waals surface area contributed by atoms with Gasteiger partial charge in [0.25, 0.3) is 11.8 Å². The number of rotatable bonds is 4. The maximum absolute atomic E-state index is 13.7. The van der Waals surface area contributed by atoms with Crippen molar-refractivity contribution in [2.24, 2.45) is 0 Å². The van der Waals surface area contributed by atoms with E-state index in [0.717, 1.165) is 38.0 Å². The highest BCUT2D eigenvalue weighted by Gasteiger charge is 2.43. The molecule has 0 atom stereocenters. The van der Waals surface area contributed by atoms with Crippen LogP contribution >= 0.6 is 11.6 Å². The van der Waals surface area contributed by atoms with Gasteiger partial charge in [-0.15, -0.1) is 0 Å². The van der Waals surface area contributed by atoms with E-state index in [2.05, 4.69) is 0 Å². The summed E-state index contributed by atoms with van der Waals surface area (Å²) in [7, 11) is 0. The number of para-hydroxylation sites is 1. The van der Waals surface area contributed by atoms with Crippen LogP contribution in [0.15, 0.2) is 84.4 Å². The molecule has 1 aromatic heterocycles. The Bertz CT molecular complexity index is 1620. The molecule has 0 bridgehead atoms. The molecule has 38 heavy (non-hydrogen) atoms. The van der Waals surface area contributed by atoms with Crippen LogP contribution in [0.5, 0.6) is 0 Å². The average molecular weight is 524 g/mol. The van der Waals surface area contributed by atoms with Crippen molar-refractivity contribution in [3.63, 3.8) is 0 Å². The Kier molecular flexibility index (Phi) is 6.51. The van der Waals surface area contributed by atoms with Crippen LogP contribution in [-0.2, 0) is 9.59 Å². The van der Waals surface area contributed by atoms with Gasteiger partial charge in [-0.25, -0.2) is 14.6 Å². The molecule has 6 nitrogen and oxygen atoms in total. The normalized spacial score (nSPS) is 15.1. The second-order valence-electron chi connectivity index (χ2n) is 9.39. The van der Waals surface area contributed by atoms with Gasteiger partial charge in [0.15, 0.2) is 0 Å². The van der Waals surface area contributed by atoms with Crippen LogP contribution in [-0.4, -0.2) is 22.4 Å². The molecule has 7 heteroatoms. The summed E-state index contributed by atoms with van der Waals surface area (Å²) in [6.45, 7) is 7.81. The first kappa shape index (κ1) is 25.2. The van der Waals surface area contributed by atoms with Crippen molar-refractivity contribution >= 4 is 46.9 Å². The molecule has 0 aliphatic carbocycles. The van der Waals surface area contributed by atoms with Crippen LogP contribution in [0.25, 0.3) is 11.8 Å². The summed E-state index contributed by atoms with van der Waals surface area (Å²) in [4.78, 5) is 43.1. The summed E-state index contributed by atoms with van der Waals surface area (Å²) >= 11 is 6.29. The van der Waals surface area contributed by atoms with Crippen molar-refractivity contribution in [3.05, 3.63) is 118 Å². The SMILES string of the molecule is Cc1ccc(N2C(=O)/C(=C/c3cc(C)n(-c4cc(Cl)ccc4C)c3C)C(=O)N(c3ccccc3)C2=O)cc1. The van der Waals surface area contributed by atoms with Crippen LogP contribution < -0.4 is 9.80 Å². The lowest BCUT2D eigenvalue weighted by molar-refractivity contribution is -0.121. The zero-order valence-electron chi connectivity index (χ0n) is 21.5. The number of aryl methyl sites for hydroxylation is 3. The molecule has 3 aromatic carbocycles. The number of nitrogens with zero attached hydrogens (tertiary/aromatic N) is 3. The van der Waals surface area contributed by atoms with Gasteiger partial charge >= 0.3 is 6.03 Å². The molecule has 0 radical (unpaired) electrons. The number of imide groups is 2. The Morgan fingerprint density at radius 1 is 0.711 bits per heavy atom. The highest BCUT2D eigenvalue weighted by Crippen LogP contribution is 2.32. The maximum Gasteiger partial charge on any atom is 0.343 e. The summed E-state index contributed by atoms with van der Waals surface area (Å²) in [5, 5.41) is 0.612. The van der Waals surface area contributed by atoms with Crippen LogP contribution in [0, 0.1) is 27.7 Å². The van der Waals surface area contributed by atoms with Crippen LogP contribution in [0.4, 0.5) is 16.2 Å². The van der Waals surface area contributed by atoms with E-state index in [4.69, 9.17) is 11.6 Å². The summed E-state index contributed by atoms with van der Waals surface area (Å²) in [6, 6.07) is 22.6. The van der Waals surface area contributed by atoms with E-state index in [0.29, 0.717) is 22.0 Å². The van der Waals surface area contributed by atoms with E-state index in [1.165, 1.54) is 0 Å². The minimum absolute atomic E-state index is 0.0999. The lowest BCUT2D eigenvalue weighted by Gasteiger charge is -2.34. The lowest BCUT2D eigenvalue weighted by atomic mass is 10.0. The van der Waals surface area contributed by atoms with Crippen molar-refractivity contribution in [2.75, 3.05) is 9.80 Å². The van der Waals surface area contributed by atoms with Crippen molar-refractivity contribution in [3.8, 4) is 5.69 Å². The lowest BCUT2D eigenvalue weighted by Crippen LogP contribution is -2.57. The van der Waals surface area contributed by atoms with Gasteiger partial charge in [0, 0.05) is 22.1 Å². The molecule has 1 fully saturated rings. The van der Waals surface area contributed by atoms with Crippen LogP contribution in [0.2, 0.25) is 5.02 Å². The molecule has 0 saturated carbocycles. The molecule has 4 amide bonds. The quantitative estimate of drug-likeness (QED) is 0.215. The van der Waals surface area contributed by atoms with E-state index >= 15 is 0 Å². The number of carbonyl (C=O) groups is 3. The molecule has 0 spiro atoms. The molecule has 4 aromatic rings. The topological polar surface area (TPSA) is 62.6 Å². The van der Waals surface area contributed by atoms with Gasteiger partial charge in [0.1, 0.15) is 5.57 Å². The third kappa shape index (κ3) is 4.33. The first-order valence-electron chi connectivity index (χ1n) is 12.2. The average Bonchev–Trinajstić information content (AvgIpc) is 3.17. The highest BCUT2D eigenvalue weighted by molar-refractivity contribution is 6.46. The molecule has 2 heterocycles. The highest BCUT2D eigenvalue weighted by atomic mass is 35.5. The van der Waals surface area contributed by atoms with E-state index in [9.17, 15) is 14.4 Å². The Labute approximate surface area is 226 Å². The van der Waals surface area contributed by atoms with Crippen LogP contribution in [0.1, 0.15) is 28.1 Å². The van der Waals surface area contributed by atoms with Crippen molar-refractivity contribution in [2.45, 2.75) is 27.7 Å². The fourth-order valence-electron chi connectivity index (χ4n) is 4.74. The fourth-order valence-corrected chi connectivity index (χ4v) is 4.91. The number of urea groups is 1. The third-order valence-corrected chi connectivity index (χ3v) is 6.97. The Morgan fingerprint density at radius 3 is 1.95 bits per heavy atom. The second-order valence-corrected chi connectivity index (χ2v) is 9.82. The number of amides is 4. The fraction of sp³-hybridized carbons (Fsp3) is 0.129. The van der Waals surface area contributed by atoms with Gasteiger partial charge in [-0.05, 0) is 87.4 Å². The summed E-state index contributed by atoms with van der Waals surface area (Å²) < 4.78 is 2.04. The van der Waals surface area contributed by atoms with Gasteiger partial charge in [0.05, 0.1) is 11.4 Å². The standard InChI is InChI=1S/C31H26ClN3O3/c1-19-10-14-26(15-11-19)35-30(37)27(29(36)34(31(35)38)25-8-6-5-7-9-25)17-23-16-21(3)33(22(23)4)28-18-24(32)13-12-20(28)2/h5-18H,1-4H3/b27-17+. The zero-order chi connectivity index (χ0) is 27.1. The smallest absolute Gasteiger partial charge is 0.318 e. The number of halogens is 1. The van der Waals surface area contributed by atoms with Crippen LogP contribution in [0.3, 0.4) is 0 Å². The third-order valence-electron chi connectivity index (χ3n) is 6.74. The van der Waals surface area contributed by atoms with Crippen molar-refractivity contribution in [1.82, 2.24) is 4.57 Å². The molecule has 5 rings (SSSR count). The summed E-state index contributed by atoms with van der Waals surface area (Å²) in [6.07, 6.45) is 1.58. The second kappa shape index (κ2) is 9.80. The molecular formula is C31H26ClN3O3. The Hall–Kier alpha value is -4.42. The number of carbonyl (C=O) groups excluding carboxylic acids is 3. The summed E-state index contributed by atoms with van der Waals surface area (Å²) in [5.74, 6) is -1.34. The molecular weight excluding hydrogens is 498 g/mol. The minimum atomic E-state index is -0.716. The number of aromatic nitrogens is 1. The van der Waals surface area contributed by atoms with E-state index < -0.39 is 17.8 Å². The zero-order valence-corrected chi connectivity index (χ0v) is 22.3. The molecule has 0 N–H and O–H groups in total. The number of hydrogen-bond acceptors (Lipinski definition) is 3. The molecule has 1 aliphatic rings. The maximum atomic E-state index is 13.7. The van der Waals surface area contributed by atoms with Gasteiger partial charge in [-0.3, -0.25) is 9.59 Å². The van der Waals surface area contributed by atoms with Gasteiger partial charge in [-0.1, -0.05) is 53.6 Å². The van der Waals surface area contributed by atoms with Gasteiger partial charge in [-0.2, -0.15) is 0 Å². The predicted molar refractivity (Wildman–Crippen MR) is 151 cm³/mol. The largest absolute Gasteiger partial charge is 0.343 e. The monoisotopic (exact) mass is 523 g/mol.